The largest absolute Gasteiger partial charge is 0.390 e. The van der Waals surface area contributed by atoms with Crippen LogP contribution in [0.5, 0.6) is 0 Å². The van der Waals surface area contributed by atoms with Gasteiger partial charge in [-0.3, -0.25) is 0 Å². The van der Waals surface area contributed by atoms with Crippen LogP contribution in [-0.4, -0.2) is 39.5 Å². The Balaban J connectivity index is 2.97. The predicted molar refractivity (Wildman–Crippen MR) is 74.4 cm³/mol. The van der Waals surface area contributed by atoms with E-state index in [-0.39, 0.29) is 10.9 Å². The van der Waals surface area contributed by atoms with Gasteiger partial charge in [0.05, 0.1) is 11.3 Å². The van der Waals surface area contributed by atoms with E-state index in [0.29, 0.717) is 0 Å². The SMILES string of the molecule is CNC(C)c1cccc(S(=O)(=O)N(C)CCC(F)(F)F)c1. The summed E-state index contributed by atoms with van der Waals surface area (Å²) >= 11 is 0. The molecule has 0 radical (unpaired) electrons. The lowest BCUT2D eigenvalue weighted by atomic mass is 10.1. The first-order valence-electron chi connectivity index (χ1n) is 6.38. The van der Waals surface area contributed by atoms with E-state index in [1.807, 2.05) is 6.92 Å². The number of hydrogen-bond donors (Lipinski definition) is 1. The third kappa shape index (κ3) is 4.98. The fourth-order valence-electron chi connectivity index (χ4n) is 1.70. The summed E-state index contributed by atoms with van der Waals surface area (Å²) in [6.07, 6.45) is -5.55. The van der Waals surface area contributed by atoms with Gasteiger partial charge < -0.3 is 5.32 Å². The van der Waals surface area contributed by atoms with Crippen molar-refractivity contribution in [2.24, 2.45) is 0 Å². The molecule has 0 aliphatic rings. The highest BCUT2D eigenvalue weighted by Crippen LogP contribution is 2.23. The standard InChI is InChI=1S/C13H19F3N2O2S/c1-10(17-2)11-5-4-6-12(9-11)21(19,20)18(3)8-7-13(14,15)16/h4-6,9-10,17H,7-8H2,1-3H3. The van der Waals surface area contributed by atoms with Crippen LogP contribution < -0.4 is 5.32 Å². The van der Waals surface area contributed by atoms with Crippen LogP contribution >= 0.6 is 0 Å². The van der Waals surface area contributed by atoms with Gasteiger partial charge in [0.25, 0.3) is 0 Å². The Morgan fingerprint density at radius 3 is 2.48 bits per heavy atom. The zero-order valence-electron chi connectivity index (χ0n) is 12.1. The molecule has 1 unspecified atom stereocenters. The molecular weight excluding hydrogens is 305 g/mol. The van der Waals surface area contributed by atoms with Gasteiger partial charge in [-0.15, -0.1) is 0 Å². The molecule has 0 spiro atoms. The third-order valence-corrected chi connectivity index (χ3v) is 5.06. The summed E-state index contributed by atoms with van der Waals surface area (Å²) in [5.74, 6) is 0. The Morgan fingerprint density at radius 2 is 1.95 bits per heavy atom. The summed E-state index contributed by atoms with van der Waals surface area (Å²) in [7, 11) is -1.03. The Kier molecular flexibility index (Phi) is 5.77. The van der Waals surface area contributed by atoms with Gasteiger partial charge >= 0.3 is 6.18 Å². The zero-order chi connectivity index (χ0) is 16.3. The molecule has 120 valence electrons. The molecule has 1 N–H and O–H groups in total. The van der Waals surface area contributed by atoms with Crippen LogP contribution in [0.15, 0.2) is 29.2 Å². The van der Waals surface area contributed by atoms with Gasteiger partial charge in [0.2, 0.25) is 10.0 Å². The second-order valence-electron chi connectivity index (χ2n) is 4.77. The minimum absolute atomic E-state index is 0.00762. The molecule has 0 amide bonds. The highest BCUT2D eigenvalue weighted by Gasteiger charge is 2.30. The van der Waals surface area contributed by atoms with E-state index in [2.05, 4.69) is 5.32 Å². The van der Waals surface area contributed by atoms with E-state index in [1.165, 1.54) is 12.1 Å². The average Bonchev–Trinajstić information content (AvgIpc) is 2.43. The number of benzene rings is 1. The zero-order valence-corrected chi connectivity index (χ0v) is 12.9. The second-order valence-corrected chi connectivity index (χ2v) is 6.82. The van der Waals surface area contributed by atoms with Crippen molar-refractivity contribution < 1.29 is 21.6 Å². The fraction of sp³-hybridized carbons (Fsp3) is 0.538. The second kappa shape index (κ2) is 6.76. The van der Waals surface area contributed by atoms with E-state index in [1.54, 1.807) is 19.2 Å². The molecule has 0 saturated carbocycles. The maximum atomic E-state index is 12.3. The van der Waals surface area contributed by atoms with Gasteiger partial charge in [0, 0.05) is 19.6 Å². The molecule has 1 aromatic rings. The summed E-state index contributed by atoms with van der Waals surface area (Å²) < 4.78 is 61.8. The molecule has 1 rings (SSSR count). The van der Waals surface area contributed by atoms with Gasteiger partial charge in [0.15, 0.2) is 0 Å². The van der Waals surface area contributed by atoms with Gasteiger partial charge in [-0.2, -0.15) is 13.2 Å². The maximum absolute atomic E-state index is 12.3. The number of halogens is 3. The van der Waals surface area contributed by atoms with Crippen molar-refractivity contribution >= 4 is 10.0 Å². The van der Waals surface area contributed by atoms with E-state index in [9.17, 15) is 21.6 Å². The molecule has 0 aliphatic heterocycles. The Labute approximate surface area is 123 Å². The monoisotopic (exact) mass is 324 g/mol. The van der Waals surface area contributed by atoms with Crippen molar-refractivity contribution in [1.82, 2.24) is 9.62 Å². The minimum atomic E-state index is -4.38. The number of hydrogen-bond acceptors (Lipinski definition) is 3. The smallest absolute Gasteiger partial charge is 0.313 e. The molecule has 0 saturated heterocycles. The normalized spacial score (nSPS) is 14.4. The average molecular weight is 324 g/mol. The predicted octanol–water partition coefficient (Wildman–Crippen LogP) is 2.54. The maximum Gasteiger partial charge on any atom is 0.390 e. The van der Waals surface area contributed by atoms with Gasteiger partial charge in [-0.1, -0.05) is 12.1 Å². The van der Waals surface area contributed by atoms with E-state index >= 15 is 0 Å². The lowest BCUT2D eigenvalue weighted by Gasteiger charge is -2.19. The van der Waals surface area contributed by atoms with Crippen LogP contribution in [-0.2, 0) is 10.0 Å². The summed E-state index contributed by atoms with van der Waals surface area (Å²) in [5.41, 5.74) is 0.753. The Hall–Kier alpha value is -1.12. The van der Waals surface area contributed by atoms with Crippen molar-refractivity contribution in [3.63, 3.8) is 0 Å². The van der Waals surface area contributed by atoms with Crippen molar-refractivity contribution in [2.75, 3.05) is 20.6 Å². The highest BCUT2D eigenvalue weighted by molar-refractivity contribution is 7.89. The van der Waals surface area contributed by atoms with Crippen molar-refractivity contribution in [3.8, 4) is 0 Å². The third-order valence-electron chi connectivity index (χ3n) is 3.21. The molecule has 0 fully saturated rings. The lowest BCUT2D eigenvalue weighted by molar-refractivity contribution is -0.135. The Bertz CT molecular complexity index is 573. The minimum Gasteiger partial charge on any atom is -0.313 e. The molecule has 1 atom stereocenters. The molecule has 0 bridgehead atoms. The van der Waals surface area contributed by atoms with Gasteiger partial charge in [-0.25, -0.2) is 12.7 Å². The quantitative estimate of drug-likeness (QED) is 0.875. The topological polar surface area (TPSA) is 49.4 Å². The first-order chi connectivity index (χ1) is 9.58. The molecule has 0 aliphatic carbocycles. The van der Waals surface area contributed by atoms with Gasteiger partial charge in [0.1, 0.15) is 0 Å². The first-order valence-corrected chi connectivity index (χ1v) is 7.82. The molecule has 8 heteroatoms. The summed E-state index contributed by atoms with van der Waals surface area (Å²) in [4.78, 5) is -0.00762. The molecular formula is C13H19F3N2O2S. The molecule has 21 heavy (non-hydrogen) atoms. The van der Waals surface area contributed by atoms with Gasteiger partial charge in [-0.05, 0) is 31.7 Å². The summed E-state index contributed by atoms with van der Waals surface area (Å²) in [6.45, 7) is 1.26. The van der Waals surface area contributed by atoms with E-state index < -0.39 is 29.2 Å². The van der Waals surface area contributed by atoms with Crippen LogP contribution in [0.3, 0.4) is 0 Å². The fourth-order valence-corrected chi connectivity index (χ4v) is 2.92. The molecule has 0 heterocycles. The molecule has 1 aromatic carbocycles. The van der Waals surface area contributed by atoms with Crippen molar-refractivity contribution in [2.45, 2.75) is 30.5 Å². The Morgan fingerprint density at radius 1 is 1.33 bits per heavy atom. The molecule has 4 nitrogen and oxygen atoms in total. The van der Waals surface area contributed by atoms with Crippen molar-refractivity contribution in [3.05, 3.63) is 29.8 Å². The van der Waals surface area contributed by atoms with Crippen LogP contribution in [0.2, 0.25) is 0 Å². The van der Waals surface area contributed by atoms with Crippen molar-refractivity contribution in [1.29, 1.82) is 0 Å². The lowest BCUT2D eigenvalue weighted by Crippen LogP contribution is -2.30. The summed E-state index contributed by atoms with van der Waals surface area (Å²) in [5, 5.41) is 2.98. The van der Waals surface area contributed by atoms with Crippen LogP contribution in [0.25, 0.3) is 0 Å². The number of sulfonamides is 1. The number of alkyl halides is 3. The first kappa shape index (κ1) is 17.9. The summed E-state index contributed by atoms with van der Waals surface area (Å²) in [6, 6.07) is 6.13. The highest BCUT2D eigenvalue weighted by atomic mass is 32.2. The number of nitrogens with one attached hydrogen (secondary N) is 1. The molecule has 0 aromatic heterocycles. The van der Waals surface area contributed by atoms with E-state index in [4.69, 9.17) is 0 Å². The number of nitrogens with zero attached hydrogens (tertiary/aromatic N) is 1. The van der Waals surface area contributed by atoms with Crippen LogP contribution in [0.4, 0.5) is 13.2 Å². The van der Waals surface area contributed by atoms with Crippen LogP contribution in [0.1, 0.15) is 24.9 Å². The van der Waals surface area contributed by atoms with Crippen LogP contribution in [0, 0.1) is 0 Å². The van der Waals surface area contributed by atoms with E-state index in [0.717, 1.165) is 16.9 Å². The number of rotatable bonds is 6.